The molecule has 1 fully saturated rings. The molecular formula is C30H33N3O3. The lowest BCUT2D eigenvalue weighted by Gasteiger charge is -2.26. The number of aromatic hydroxyl groups is 2. The standard InChI is InChI=1S/C30H33N3O3/c1-2-28-29(22-8-16-27(17-9-22)36-21-20-32-18-4-3-5-19-32)30(23-6-12-25(34)13-7-23)31-33(28)24-10-14-26(35)15-11-24/h6-17,34-35H,2-5,18-21H2,1H3. The minimum Gasteiger partial charge on any atom is -0.508 e. The average molecular weight is 484 g/mol. The molecule has 0 aliphatic carbocycles. The van der Waals surface area contributed by atoms with Crippen molar-refractivity contribution in [3.63, 3.8) is 0 Å². The summed E-state index contributed by atoms with van der Waals surface area (Å²) in [5.41, 5.74) is 5.84. The predicted molar refractivity (Wildman–Crippen MR) is 143 cm³/mol. The first-order chi connectivity index (χ1) is 17.6. The maximum absolute atomic E-state index is 9.82. The number of rotatable bonds is 8. The number of benzene rings is 3. The Kier molecular flexibility index (Phi) is 7.23. The number of ether oxygens (including phenoxy) is 1. The summed E-state index contributed by atoms with van der Waals surface area (Å²) in [4.78, 5) is 2.48. The van der Waals surface area contributed by atoms with Crippen molar-refractivity contribution >= 4 is 0 Å². The molecule has 5 rings (SSSR count). The van der Waals surface area contributed by atoms with Gasteiger partial charge in [0.1, 0.15) is 29.5 Å². The minimum atomic E-state index is 0.221. The third kappa shape index (κ3) is 5.24. The van der Waals surface area contributed by atoms with Crippen molar-refractivity contribution in [2.45, 2.75) is 32.6 Å². The zero-order chi connectivity index (χ0) is 24.9. The second-order valence-electron chi connectivity index (χ2n) is 9.27. The van der Waals surface area contributed by atoms with E-state index < -0.39 is 0 Å². The SMILES string of the molecule is CCc1c(-c2ccc(OCCN3CCCCC3)cc2)c(-c2ccc(O)cc2)nn1-c1ccc(O)cc1. The number of hydrogen-bond donors (Lipinski definition) is 2. The van der Waals surface area contributed by atoms with E-state index in [1.165, 1.54) is 32.4 Å². The lowest BCUT2D eigenvalue weighted by Crippen LogP contribution is -2.33. The molecule has 4 aromatic rings. The van der Waals surface area contributed by atoms with Gasteiger partial charge in [-0.3, -0.25) is 4.90 Å². The topological polar surface area (TPSA) is 70.8 Å². The summed E-state index contributed by atoms with van der Waals surface area (Å²) in [6.07, 6.45) is 4.69. The second kappa shape index (κ2) is 10.9. The second-order valence-corrected chi connectivity index (χ2v) is 9.27. The monoisotopic (exact) mass is 483 g/mol. The Morgan fingerprint density at radius 2 is 1.39 bits per heavy atom. The lowest BCUT2D eigenvalue weighted by atomic mass is 9.97. The Labute approximate surface area is 212 Å². The molecule has 0 atom stereocenters. The number of aromatic nitrogens is 2. The molecule has 186 valence electrons. The molecule has 0 unspecified atom stereocenters. The third-order valence-electron chi connectivity index (χ3n) is 6.82. The van der Waals surface area contributed by atoms with E-state index in [0.717, 1.165) is 52.5 Å². The zero-order valence-electron chi connectivity index (χ0n) is 20.7. The molecular weight excluding hydrogens is 450 g/mol. The number of likely N-dealkylation sites (tertiary alicyclic amines) is 1. The first-order valence-corrected chi connectivity index (χ1v) is 12.8. The summed E-state index contributed by atoms with van der Waals surface area (Å²) >= 11 is 0. The van der Waals surface area contributed by atoms with Gasteiger partial charge in [0.15, 0.2) is 0 Å². The number of nitrogens with zero attached hydrogens (tertiary/aromatic N) is 3. The van der Waals surface area contributed by atoms with Crippen molar-refractivity contribution in [1.29, 1.82) is 0 Å². The van der Waals surface area contributed by atoms with Gasteiger partial charge in [0.25, 0.3) is 0 Å². The molecule has 3 aromatic carbocycles. The summed E-state index contributed by atoms with van der Waals surface area (Å²) in [5, 5.41) is 24.6. The molecule has 1 aromatic heterocycles. The molecule has 2 N–H and O–H groups in total. The number of phenols is 2. The zero-order valence-corrected chi connectivity index (χ0v) is 20.7. The van der Waals surface area contributed by atoms with E-state index in [1.54, 1.807) is 24.3 Å². The predicted octanol–water partition coefficient (Wildman–Crippen LogP) is 6.04. The van der Waals surface area contributed by atoms with Crippen molar-refractivity contribution in [2.24, 2.45) is 0 Å². The molecule has 2 heterocycles. The van der Waals surface area contributed by atoms with Crippen LogP contribution in [0.2, 0.25) is 0 Å². The van der Waals surface area contributed by atoms with E-state index in [9.17, 15) is 10.2 Å². The van der Waals surface area contributed by atoms with Crippen LogP contribution >= 0.6 is 0 Å². The van der Waals surface area contributed by atoms with Gasteiger partial charge < -0.3 is 14.9 Å². The Morgan fingerprint density at radius 1 is 0.778 bits per heavy atom. The highest BCUT2D eigenvalue weighted by atomic mass is 16.5. The lowest BCUT2D eigenvalue weighted by molar-refractivity contribution is 0.183. The highest BCUT2D eigenvalue weighted by Gasteiger charge is 2.21. The Balaban J connectivity index is 1.46. The maximum Gasteiger partial charge on any atom is 0.119 e. The summed E-state index contributed by atoms with van der Waals surface area (Å²) in [6.45, 7) is 6.12. The Morgan fingerprint density at radius 3 is 2.03 bits per heavy atom. The summed E-state index contributed by atoms with van der Waals surface area (Å²) in [7, 11) is 0. The van der Waals surface area contributed by atoms with Gasteiger partial charge in [0, 0.05) is 17.7 Å². The molecule has 1 saturated heterocycles. The van der Waals surface area contributed by atoms with Crippen molar-refractivity contribution in [2.75, 3.05) is 26.2 Å². The van der Waals surface area contributed by atoms with Crippen LogP contribution in [-0.2, 0) is 6.42 Å². The van der Waals surface area contributed by atoms with Gasteiger partial charge in [-0.1, -0.05) is 25.5 Å². The molecule has 0 radical (unpaired) electrons. The summed E-state index contributed by atoms with van der Waals surface area (Å²) in [5.74, 6) is 1.31. The maximum atomic E-state index is 9.82. The smallest absolute Gasteiger partial charge is 0.119 e. The molecule has 0 spiro atoms. The van der Waals surface area contributed by atoms with E-state index in [0.29, 0.717) is 6.61 Å². The van der Waals surface area contributed by atoms with Gasteiger partial charge in [0.2, 0.25) is 0 Å². The molecule has 6 heteroatoms. The number of piperidine rings is 1. The molecule has 0 saturated carbocycles. The average Bonchev–Trinajstić information content (AvgIpc) is 3.30. The molecule has 36 heavy (non-hydrogen) atoms. The first-order valence-electron chi connectivity index (χ1n) is 12.8. The quantitative estimate of drug-likeness (QED) is 0.320. The van der Waals surface area contributed by atoms with E-state index in [1.807, 2.05) is 41.1 Å². The van der Waals surface area contributed by atoms with Crippen molar-refractivity contribution in [1.82, 2.24) is 14.7 Å². The van der Waals surface area contributed by atoms with Gasteiger partial charge in [0.05, 0.1) is 11.4 Å². The van der Waals surface area contributed by atoms with Crippen LogP contribution in [0.1, 0.15) is 31.9 Å². The number of phenolic OH excluding ortho intramolecular Hbond substituents is 2. The van der Waals surface area contributed by atoms with E-state index in [-0.39, 0.29) is 11.5 Å². The fourth-order valence-corrected chi connectivity index (χ4v) is 4.91. The van der Waals surface area contributed by atoms with Gasteiger partial charge >= 0.3 is 0 Å². The van der Waals surface area contributed by atoms with Crippen LogP contribution in [0.3, 0.4) is 0 Å². The number of hydrogen-bond acceptors (Lipinski definition) is 5. The van der Waals surface area contributed by atoms with Crippen LogP contribution in [0.25, 0.3) is 28.1 Å². The Hall–Kier alpha value is -3.77. The van der Waals surface area contributed by atoms with Gasteiger partial charge in [-0.05, 0) is 98.6 Å². The van der Waals surface area contributed by atoms with Gasteiger partial charge in [-0.25, -0.2) is 4.68 Å². The Bertz CT molecular complexity index is 1270. The van der Waals surface area contributed by atoms with E-state index in [2.05, 4.69) is 24.0 Å². The van der Waals surface area contributed by atoms with Gasteiger partial charge in [-0.2, -0.15) is 5.10 Å². The van der Waals surface area contributed by atoms with Crippen LogP contribution in [0.15, 0.2) is 72.8 Å². The van der Waals surface area contributed by atoms with E-state index in [4.69, 9.17) is 9.84 Å². The highest BCUT2D eigenvalue weighted by Crippen LogP contribution is 2.37. The largest absolute Gasteiger partial charge is 0.508 e. The summed E-state index contributed by atoms with van der Waals surface area (Å²) < 4.78 is 8.00. The van der Waals surface area contributed by atoms with Crippen LogP contribution in [0.4, 0.5) is 0 Å². The third-order valence-corrected chi connectivity index (χ3v) is 6.82. The molecule has 1 aliphatic rings. The van der Waals surface area contributed by atoms with E-state index >= 15 is 0 Å². The van der Waals surface area contributed by atoms with Crippen LogP contribution < -0.4 is 4.74 Å². The highest BCUT2D eigenvalue weighted by molar-refractivity contribution is 5.83. The first kappa shape index (κ1) is 23.9. The normalized spacial score (nSPS) is 14.1. The fourth-order valence-electron chi connectivity index (χ4n) is 4.91. The van der Waals surface area contributed by atoms with Gasteiger partial charge in [-0.15, -0.1) is 0 Å². The molecule has 1 aliphatic heterocycles. The fraction of sp³-hybridized carbons (Fsp3) is 0.300. The van der Waals surface area contributed by atoms with Crippen molar-refractivity contribution < 1.29 is 14.9 Å². The molecule has 0 bridgehead atoms. The van der Waals surface area contributed by atoms with Crippen LogP contribution in [0.5, 0.6) is 17.2 Å². The minimum absolute atomic E-state index is 0.221. The molecule has 6 nitrogen and oxygen atoms in total. The van der Waals surface area contributed by atoms with Crippen LogP contribution in [-0.4, -0.2) is 51.1 Å². The molecule has 0 amide bonds. The van der Waals surface area contributed by atoms with Crippen molar-refractivity contribution in [3.05, 3.63) is 78.5 Å². The summed E-state index contributed by atoms with van der Waals surface area (Å²) in [6, 6.07) is 22.5. The van der Waals surface area contributed by atoms with Crippen LogP contribution in [0, 0.1) is 0 Å². The van der Waals surface area contributed by atoms with Crippen molar-refractivity contribution in [3.8, 4) is 45.3 Å².